The molecule has 0 radical (unpaired) electrons. The molecule has 4 heteroatoms. The van der Waals surface area contributed by atoms with E-state index in [4.69, 9.17) is 5.41 Å². The molecule has 0 aromatic heterocycles. The third-order valence-electron chi connectivity index (χ3n) is 3.40. The van der Waals surface area contributed by atoms with Gasteiger partial charge in [0.15, 0.2) is 5.96 Å². The Bertz CT molecular complexity index is 425. The number of rotatable bonds is 2. The molecule has 3 N–H and O–H groups in total. The summed E-state index contributed by atoms with van der Waals surface area (Å²) in [6.45, 7) is 2.04. The van der Waals surface area contributed by atoms with E-state index in [-0.39, 0.29) is 0 Å². The summed E-state index contributed by atoms with van der Waals surface area (Å²) < 4.78 is 1.07. The minimum atomic E-state index is 0.410. The van der Waals surface area contributed by atoms with Gasteiger partial charge in [0.2, 0.25) is 0 Å². The third-order valence-corrected chi connectivity index (χ3v) is 3.90. The fraction of sp³-hybridized carbons (Fsp3) is 0.500. The molecule has 1 aromatic carbocycles. The summed E-state index contributed by atoms with van der Waals surface area (Å²) in [6.07, 6.45) is 6.27. The zero-order chi connectivity index (χ0) is 13.0. The molecule has 1 saturated carbocycles. The van der Waals surface area contributed by atoms with Gasteiger partial charge in [-0.3, -0.25) is 5.41 Å². The highest BCUT2D eigenvalue weighted by molar-refractivity contribution is 9.10. The molecule has 2 rings (SSSR count). The molecule has 0 bridgehead atoms. The average molecular weight is 310 g/mol. The largest absolute Gasteiger partial charge is 0.354 e. The van der Waals surface area contributed by atoms with E-state index in [9.17, 15) is 0 Å². The minimum Gasteiger partial charge on any atom is -0.354 e. The van der Waals surface area contributed by atoms with E-state index >= 15 is 0 Å². The van der Waals surface area contributed by atoms with E-state index < -0.39 is 0 Å². The van der Waals surface area contributed by atoms with Gasteiger partial charge in [-0.2, -0.15) is 0 Å². The standard InChI is InChI=1S/C14H20BrN3/c1-10-9-11(15)7-8-13(10)18-14(16)17-12-5-3-2-4-6-12/h7-9,12H,2-6H2,1H3,(H3,16,17,18). The fourth-order valence-corrected chi connectivity index (χ4v) is 2.86. The van der Waals surface area contributed by atoms with Crippen LogP contribution in [0.15, 0.2) is 22.7 Å². The van der Waals surface area contributed by atoms with Crippen molar-refractivity contribution in [2.24, 2.45) is 0 Å². The Morgan fingerprint density at radius 3 is 2.67 bits per heavy atom. The highest BCUT2D eigenvalue weighted by Gasteiger charge is 2.14. The van der Waals surface area contributed by atoms with Crippen molar-refractivity contribution in [3.63, 3.8) is 0 Å². The van der Waals surface area contributed by atoms with Gasteiger partial charge in [-0.1, -0.05) is 35.2 Å². The maximum absolute atomic E-state index is 7.98. The number of hydrogen-bond donors (Lipinski definition) is 3. The monoisotopic (exact) mass is 309 g/mol. The first-order valence-corrected chi connectivity index (χ1v) is 7.33. The van der Waals surface area contributed by atoms with Crippen LogP contribution in [0.2, 0.25) is 0 Å². The van der Waals surface area contributed by atoms with Crippen molar-refractivity contribution in [1.29, 1.82) is 5.41 Å². The summed E-state index contributed by atoms with van der Waals surface area (Å²) in [5.74, 6) is 0.410. The highest BCUT2D eigenvalue weighted by Crippen LogP contribution is 2.20. The Labute approximate surface area is 117 Å². The van der Waals surface area contributed by atoms with Crippen molar-refractivity contribution in [3.8, 4) is 0 Å². The Kier molecular flexibility index (Phi) is 4.64. The van der Waals surface area contributed by atoms with Gasteiger partial charge in [0.25, 0.3) is 0 Å². The van der Waals surface area contributed by atoms with Gasteiger partial charge in [-0.05, 0) is 43.5 Å². The summed E-state index contributed by atoms with van der Waals surface area (Å²) in [5.41, 5.74) is 2.13. The number of guanidine groups is 1. The van der Waals surface area contributed by atoms with Crippen LogP contribution in [0, 0.1) is 12.3 Å². The van der Waals surface area contributed by atoms with Crippen LogP contribution >= 0.6 is 15.9 Å². The predicted molar refractivity (Wildman–Crippen MR) is 80.2 cm³/mol. The van der Waals surface area contributed by atoms with Crippen molar-refractivity contribution in [1.82, 2.24) is 5.32 Å². The Hall–Kier alpha value is -1.03. The molecule has 0 spiro atoms. The molecule has 0 heterocycles. The van der Waals surface area contributed by atoms with Gasteiger partial charge >= 0.3 is 0 Å². The lowest BCUT2D eigenvalue weighted by Gasteiger charge is -2.24. The number of hydrogen-bond acceptors (Lipinski definition) is 1. The highest BCUT2D eigenvalue weighted by atomic mass is 79.9. The molecule has 1 aromatic rings. The average Bonchev–Trinajstić information content (AvgIpc) is 2.34. The van der Waals surface area contributed by atoms with Crippen molar-refractivity contribution >= 4 is 27.6 Å². The lowest BCUT2D eigenvalue weighted by atomic mass is 9.96. The SMILES string of the molecule is Cc1cc(Br)ccc1NC(=N)NC1CCCCC1. The minimum absolute atomic E-state index is 0.410. The molecule has 0 unspecified atom stereocenters. The molecule has 1 aliphatic rings. The van der Waals surface area contributed by atoms with Gasteiger partial charge in [0, 0.05) is 16.2 Å². The van der Waals surface area contributed by atoms with Crippen LogP contribution in [-0.4, -0.2) is 12.0 Å². The van der Waals surface area contributed by atoms with E-state index in [1.54, 1.807) is 0 Å². The Morgan fingerprint density at radius 2 is 2.00 bits per heavy atom. The smallest absolute Gasteiger partial charge is 0.193 e. The van der Waals surface area contributed by atoms with Gasteiger partial charge in [-0.25, -0.2) is 0 Å². The third kappa shape index (κ3) is 3.73. The van der Waals surface area contributed by atoms with E-state index in [0.717, 1.165) is 15.7 Å². The first kappa shape index (κ1) is 13.4. The number of halogens is 1. The summed E-state index contributed by atoms with van der Waals surface area (Å²) >= 11 is 3.45. The lowest BCUT2D eigenvalue weighted by molar-refractivity contribution is 0.413. The lowest BCUT2D eigenvalue weighted by Crippen LogP contribution is -2.39. The molecule has 3 nitrogen and oxygen atoms in total. The fourth-order valence-electron chi connectivity index (χ4n) is 2.39. The van der Waals surface area contributed by atoms with Crippen LogP contribution in [0.3, 0.4) is 0 Å². The van der Waals surface area contributed by atoms with Crippen LogP contribution in [0.4, 0.5) is 5.69 Å². The van der Waals surface area contributed by atoms with Gasteiger partial charge in [-0.15, -0.1) is 0 Å². The second-order valence-corrected chi connectivity index (χ2v) is 5.85. The molecular weight excluding hydrogens is 290 g/mol. The number of anilines is 1. The summed E-state index contributed by atoms with van der Waals surface area (Å²) in [6, 6.07) is 6.50. The maximum atomic E-state index is 7.98. The van der Waals surface area contributed by atoms with Crippen LogP contribution < -0.4 is 10.6 Å². The zero-order valence-electron chi connectivity index (χ0n) is 10.7. The van der Waals surface area contributed by atoms with Gasteiger partial charge in [0.1, 0.15) is 0 Å². The maximum Gasteiger partial charge on any atom is 0.193 e. The van der Waals surface area contributed by atoms with E-state index in [1.165, 1.54) is 32.1 Å². The zero-order valence-corrected chi connectivity index (χ0v) is 12.3. The van der Waals surface area contributed by atoms with Crippen molar-refractivity contribution in [3.05, 3.63) is 28.2 Å². The predicted octanol–water partition coefficient (Wildman–Crippen LogP) is 4.03. The summed E-state index contributed by atoms with van der Waals surface area (Å²) in [7, 11) is 0. The van der Waals surface area contributed by atoms with Gasteiger partial charge in [0.05, 0.1) is 0 Å². The molecule has 0 saturated heterocycles. The van der Waals surface area contributed by atoms with E-state index in [0.29, 0.717) is 12.0 Å². The van der Waals surface area contributed by atoms with Crippen molar-refractivity contribution < 1.29 is 0 Å². The van der Waals surface area contributed by atoms with Crippen LogP contribution in [0.25, 0.3) is 0 Å². The molecule has 98 valence electrons. The van der Waals surface area contributed by atoms with E-state index in [1.807, 2.05) is 19.1 Å². The molecule has 18 heavy (non-hydrogen) atoms. The molecule has 0 atom stereocenters. The first-order valence-electron chi connectivity index (χ1n) is 6.53. The first-order chi connectivity index (χ1) is 8.65. The quantitative estimate of drug-likeness (QED) is 0.570. The second kappa shape index (κ2) is 6.23. The molecule has 0 aliphatic heterocycles. The topological polar surface area (TPSA) is 47.9 Å². The second-order valence-electron chi connectivity index (χ2n) is 4.94. The molecule has 0 amide bonds. The van der Waals surface area contributed by atoms with Crippen molar-refractivity contribution in [2.75, 3.05) is 5.32 Å². The molecule has 1 fully saturated rings. The summed E-state index contributed by atoms with van der Waals surface area (Å²) in [4.78, 5) is 0. The molecular formula is C14H20BrN3. The Morgan fingerprint density at radius 1 is 1.28 bits per heavy atom. The number of nitrogens with one attached hydrogen (secondary N) is 3. The Balaban J connectivity index is 1.90. The summed E-state index contributed by atoms with van der Waals surface area (Å²) in [5, 5.41) is 14.4. The van der Waals surface area contributed by atoms with Crippen LogP contribution in [-0.2, 0) is 0 Å². The molecule has 1 aliphatic carbocycles. The van der Waals surface area contributed by atoms with E-state index in [2.05, 4.69) is 32.6 Å². The number of benzene rings is 1. The van der Waals surface area contributed by atoms with Crippen LogP contribution in [0.5, 0.6) is 0 Å². The normalized spacial score (nSPS) is 16.3. The van der Waals surface area contributed by atoms with Crippen LogP contribution in [0.1, 0.15) is 37.7 Å². The van der Waals surface area contributed by atoms with Crippen molar-refractivity contribution in [2.45, 2.75) is 45.1 Å². The van der Waals surface area contributed by atoms with Gasteiger partial charge < -0.3 is 10.6 Å². The number of aryl methyl sites for hydroxylation is 1.